The molecule has 20 heavy (non-hydrogen) atoms. The zero-order valence-electron chi connectivity index (χ0n) is 12.1. The highest BCUT2D eigenvalue weighted by Crippen LogP contribution is 2.38. The van der Waals surface area contributed by atoms with Crippen molar-refractivity contribution in [3.8, 4) is 0 Å². The van der Waals surface area contributed by atoms with E-state index in [1.165, 1.54) is 23.1 Å². The maximum absolute atomic E-state index is 11.0. The Bertz CT molecular complexity index is 644. The van der Waals surface area contributed by atoms with Crippen molar-refractivity contribution in [2.75, 3.05) is 6.54 Å². The lowest BCUT2D eigenvalue weighted by Gasteiger charge is -2.13. The Kier molecular flexibility index (Phi) is 3.47. The van der Waals surface area contributed by atoms with Crippen LogP contribution in [0.4, 0.5) is 0 Å². The van der Waals surface area contributed by atoms with E-state index in [4.69, 9.17) is 0 Å². The molecule has 1 aliphatic carbocycles. The summed E-state index contributed by atoms with van der Waals surface area (Å²) in [5.74, 6) is 0.598. The van der Waals surface area contributed by atoms with Crippen LogP contribution in [-0.4, -0.2) is 22.1 Å². The van der Waals surface area contributed by atoms with Gasteiger partial charge in [-0.3, -0.25) is 4.79 Å². The number of amides is 1. The van der Waals surface area contributed by atoms with Gasteiger partial charge in [-0.2, -0.15) is 5.10 Å². The molecule has 2 heterocycles. The predicted molar refractivity (Wildman–Crippen MR) is 78.9 cm³/mol. The summed E-state index contributed by atoms with van der Waals surface area (Å²) in [6, 6.07) is 4.42. The van der Waals surface area contributed by atoms with Crippen LogP contribution < -0.4 is 5.32 Å². The number of pyridine rings is 1. The minimum Gasteiger partial charge on any atom is -0.356 e. The van der Waals surface area contributed by atoms with E-state index in [0.717, 1.165) is 31.5 Å². The van der Waals surface area contributed by atoms with Crippen molar-refractivity contribution in [1.82, 2.24) is 14.9 Å². The van der Waals surface area contributed by atoms with Gasteiger partial charge in [0.25, 0.3) is 0 Å². The predicted octanol–water partition coefficient (Wildman–Crippen LogP) is 2.45. The van der Waals surface area contributed by atoms with Crippen LogP contribution in [0.15, 0.2) is 18.3 Å². The highest BCUT2D eigenvalue weighted by atomic mass is 16.1. The third-order valence-electron chi connectivity index (χ3n) is 4.22. The van der Waals surface area contributed by atoms with Gasteiger partial charge in [-0.25, -0.2) is 4.52 Å². The standard InChI is InChI=1S/C16H21N3O/c1-3-14-10-15-16-12(6-8-17-11(2)20)4-5-13(16)7-9-19(15)18-14/h7,9-10,12H,3-6,8H2,1-2H3,(H,17,20). The summed E-state index contributed by atoms with van der Waals surface area (Å²) in [6.07, 6.45) is 6.37. The second-order valence-electron chi connectivity index (χ2n) is 5.58. The summed E-state index contributed by atoms with van der Waals surface area (Å²) in [5.41, 5.74) is 5.30. The maximum Gasteiger partial charge on any atom is 0.216 e. The Hall–Kier alpha value is -1.84. The maximum atomic E-state index is 11.0. The van der Waals surface area contributed by atoms with E-state index in [2.05, 4.69) is 35.7 Å². The van der Waals surface area contributed by atoms with Gasteiger partial charge < -0.3 is 5.32 Å². The molecule has 3 rings (SSSR count). The van der Waals surface area contributed by atoms with Gasteiger partial charge in [0.05, 0.1) is 11.2 Å². The van der Waals surface area contributed by atoms with E-state index < -0.39 is 0 Å². The molecule has 0 fully saturated rings. The molecule has 1 atom stereocenters. The number of nitrogens with zero attached hydrogens (tertiary/aromatic N) is 2. The minimum absolute atomic E-state index is 0.0547. The van der Waals surface area contributed by atoms with Gasteiger partial charge in [0.1, 0.15) is 0 Å². The molecule has 0 saturated carbocycles. The number of nitrogens with one attached hydrogen (secondary N) is 1. The Morgan fingerprint density at radius 3 is 3.15 bits per heavy atom. The number of hydrogen-bond acceptors (Lipinski definition) is 2. The number of rotatable bonds is 4. The van der Waals surface area contributed by atoms with E-state index in [1.807, 2.05) is 4.52 Å². The smallest absolute Gasteiger partial charge is 0.216 e. The third kappa shape index (κ3) is 2.30. The molecular formula is C16H21N3O. The first-order valence-corrected chi connectivity index (χ1v) is 7.43. The van der Waals surface area contributed by atoms with Crippen molar-refractivity contribution in [3.63, 3.8) is 0 Å². The number of aromatic nitrogens is 2. The molecule has 0 aliphatic heterocycles. The summed E-state index contributed by atoms with van der Waals surface area (Å²) in [6.45, 7) is 4.47. The first-order chi connectivity index (χ1) is 9.69. The highest BCUT2D eigenvalue weighted by Gasteiger charge is 2.25. The third-order valence-corrected chi connectivity index (χ3v) is 4.22. The molecule has 4 heteroatoms. The van der Waals surface area contributed by atoms with Gasteiger partial charge in [0.2, 0.25) is 5.91 Å². The Morgan fingerprint density at radius 1 is 1.55 bits per heavy atom. The van der Waals surface area contributed by atoms with Crippen LogP contribution in [0.2, 0.25) is 0 Å². The van der Waals surface area contributed by atoms with Crippen molar-refractivity contribution in [3.05, 3.63) is 35.2 Å². The molecule has 0 saturated heterocycles. The molecule has 2 aromatic rings. The quantitative estimate of drug-likeness (QED) is 0.928. The molecule has 1 N–H and O–H groups in total. The van der Waals surface area contributed by atoms with E-state index in [9.17, 15) is 4.79 Å². The van der Waals surface area contributed by atoms with E-state index in [0.29, 0.717) is 5.92 Å². The topological polar surface area (TPSA) is 46.4 Å². The second-order valence-corrected chi connectivity index (χ2v) is 5.58. The van der Waals surface area contributed by atoms with Gasteiger partial charge in [-0.15, -0.1) is 0 Å². The van der Waals surface area contributed by atoms with E-state index >= 15 is 0 Å². The van der Waals surface area contributed by atoms with Crippen LogP contribution in [-0.2, 0) is 17.6 Å². The number of fused-ring (bicyclic) bond motifs is 3. The van der Waals surface area contributed by atoms with E-state index in [1.54, 1.807) is 6.92 Å². The Morgan fingerprint density at radius 2 is 2.40 bits per heavy atom. The molecule has 4 nitrogen and oxygen atoms in total. The SMILES string of the molecule is CCc1cc2c3c(ccn2n1)CCC3CCNC(C)=O. The number of aryl methyl sites for hydroxylation is 2. The Labute approximate surface area is 119 Å². The lowest BCUT2D eigenvalue weighted by atomic mass is 9.97. The van der Waals surface area contributed by atoms with Crippen molar-refractivity contribution >= 4 is 11.4 Å². The summed E-state index contributed by atoms with van der Waals surface area (Å²) in [5, 5.41) is 7.50. The lowest BCUT2D eigenvalue weighted by Crippen LogP contribution is -2.22. The largest absolute Gasteiger partial charge is 0.356 e. The van der Waals surface area contributed by atoms with Crippen molar-refractivity contribution in [1.29, 1.82) is 0 Å². The molecular weight excluding hydrogens is 250 g/mol. The fraction of sp³-hybridized carbons (Fsp3) is 0.500. The van der Waals surface area contributed by atoms with Crippen molar-refractivity contribution in [2.24, 2.45) is 0 Å². The second kappa shape index (κ2) is 5.27. The van der Waals surface area contributed by atoms with Crippen molar-refractivity contribution < 1.29 is 4.79 Å². The Balaban J connectivity index is 1.90. The first-order valence-electron chi connectivity index (χ1n) is 7.43. The zero-order valence-corrected chi connectivity index (χ0v) is 12.1. The van der Waals surface area contributed by atoms with Crippen LogP contribution in [0.25, 0.3) is 5.52 Å². The summed E-state index contributed by atoms with van der Waals surface area (Å²) < 4.78 is 2.01. The van der Waals surface area contributed by atoms with Crippen LogP contribution >= 0.6 is 0 Å². The molecule has 1 aliphatic rings. The number of carbonyl (C=O) groups excluding carboxylic acids is 1. The van der Waals surface area contributed by atoms with Gasteiger partial charge in [0.15, 0.2) is 0 Å². The fourth-order valence-electron chi connectivity index (χ4n) is 3.22. The molecule has 0 radical (unpaired) electrons. The van der Waals surface area contributed by atoms with Crippen LogP contribution in [0.5, 0.6) is 0 Å². The van der Waals surface area contributed by atoms with Gasteiger partial charge in [0, 0.05) is 19.7 Å². The monoisotopic (exact) mass is 271 g/mol. The zero-order chi connectivity index (χ0) is 14.1. The van der Waals surface area contributed by atoms with Gasteiger partial charge >= 0.3 is 0 Å². The average Bonchev–Trinajstić information content (AvgIpc) is 3.00. The van der Waals surface area contributed by atoms with Crippen LogP contribution in [0, 0.1) is 0 Å². The molecule has 2 aromatic heterocycles. The minimum atomic E-state index is 0.0547. The normalized spacial score (nSPS) is 17.4. The van der Waals surface area contributed by atoms with Gasteiger partial charge in [-0.1, -0.05) is 6.92 Å². The van der Waals surface area contributed by atoms with Gasteiger partial charge in [-0.05, 0) is 54.9 Å². The lowest BCUT2D eigenvalue weighted by molar-refractivity contribution is -0.118. The van der Waals surface area contributed by atoms with Crippen LogP contribution in [0.3, 0.4) is 0 Å². The molecule has 0 aromatic carbocycles. The molecule has 0 bridgehead atoms. The molecule has 0 spiro atoms. The van der Waals surface area contributed by atoms with E-state index in [-0.39, 0.29) is 5.91 Å². The highest BCUT2D eigenvalue weighted by molar-refractivity contribution is 5.72. The summed E-state index contributed by atoms with van der Waals surface area (Å²) in [4.78, 5) is 11.0. The molecule has 106 valence electrons. The molecule has 1 unspecified atom stereocenters. The average molecular weight is 271 g/mol. The van der Waals surface area contributed by atoms with Crippen LogP contribution in [0.1, 0.15) is 49.4 Å². The first kappa shape index (κ1) is 13.2. The summed E-state index contributed by atoms with van der Waals surface area (Å²) in [7, 11) is 0. The number of carbonyl (C=O) groups is 1. The fourth-order valence-corrected chi connectivity index (χ4v) is 3.22. The van der Waals surface area contributed by atoms with Crippen molar-refractivity contribution in [2.45, 2.75) is 45.4 Å². The summed E-state index contributed by atoms with van der Waals surface area (Å²) >= 11 is 0. The number of hydrogen-bond donors (Lipinski definition) is 1. The molecule has 1 amide bonds.